The van der Waals surface area contributed by atoms with Gasteiger partial charge in [-0.15, -0.1) is 0 Å². The van der Waals surface area contributed by atoms with E-state index >= 15 is 0 Å². The lowest BCUT2D eigenvalue weighted by Crippen LogP contribution is -2.27. The minimum absolute atomic E-state index is 0.0819. The summed E-state index contributed by atoms with van der Waals surface area (Å²) in [5.41, 5.74) is 2.80. The van der Waals surface area contributed by atoms with Gasteiger partial charge in [0.05, 0.1) is 10.6 Å². The molecule has 2 heterocycles. The monoisotopic (exact) mass is 488 g/mol. The number of carbonyl (C=O) groups is 1. The van der Waals surface area contributed by atoms with Gasteiger partial charge in [0, 0.05) is 21.1 Å². The van der Waals surface area contributed by atoms with Gasteiger partial charge in [0.25, 0.3) is 5.91 Å². The fraction of sp³-hybridized carbons (Fsp3) is 0. The van der Waals surface area contributed by atoms with Gasteiger partial charge in [0.2, 0.25) is 0 Å². The van der Waals surface area contributed by atoms with Gasteiger partial charge >= 0.3 is 0 Å². The van der Waals surface area contributed by atoms with E-state index in [-0.39, 0.29) is 5.91 Å². The summed E-state index contributed by atoms with van der Waals surface area (Å²) < 4.78 is 3.80. The number of rotatable bonds is 3. The highest BCUT2D eigenvalue weighted by Crippen LogP contribution is 2.36. The second-order valence-electron chi connectivity index (χ2n) is 5.63. The van der Waals surface area contributed by atoms with Crippen LogP contribution in [0, 0.1) is 3.57 Å². The molecule has 0 radical (unpaired) electrons. The van der Waals surface area contributed by atoms with Crippen LogP contribution in [0.3, 0.4) is 0 Å². The van der Waals surface area contributed by atoms with E-state index in [1.165, 1.54) is 15.3 Å². The Morgan fingerprint density at radius 3 is 2.38 bits per heavy atom. The molecule has 3 aromatic rings. The van der Waals surface area contributed by atoms with Crippen LogP contribution in [0.5, 0.6) is 0 Å². The van der Waals surface area contributed by atoms with Gasteiger partial charge in [-0.1, -0.05) is 42.2 Å². The molecule has 1 aromatic heterocycles. The van der Waals surface area contributed by atoms with Crippen LogP contribution in [0.2, 0.25) is 0 Å². The second-order valence-corrected chi connectivity index (χ2v) is 8.55. The van der Waals surface area contributed by atoms with Crippen LogP contribution in [0.4, 0.5) is 5.69 Å². The van der Waals surface area contributed by atoms with Gasteiger partial charge in [-0.05, 0) is 77.2 Å². The SMILES string of the molecule is O=C1/C(=C\c2cccn2-c2ccc(I)cc2)SC(=S)N1c1ccccc1. The molecule has 1 saturated heterocycles. The summed E-state index contributed by atoms with van der Waals surface area (Å²) in [5, 5.41) is 0. The zero-order valence-electron chi connectivity index (χ0n) is 13.5. The van der Waals surface area contributed by atoms with Crippen molar-refractivity contribution in [3.8, 4) is 5.69 Å². The van der Waals surface area contributed by atoms with Gasteiger partial charge in [-0.3, -0.25) is 9.69 Å². The van der Waals surface area contributed by atoms with E-state index in [9.17, 15) is 4.79 Å². The third-order valence-corrected chi connectivity index (χ3v) is 5.99. The minimum atomic E-state index is -0.0819. The maximum absolute atomic E-state index is 12.9. The Labute approximate surface area is 174 Å². The molecule has 0 saturated carbocycles. The topological polar surface area (TPSA) is 25.2 Å². The van der Waals surface area contributed by atoms with E-state index in [1.807, 2.05) is 54.7 Å². The minimum Gasteiger partial charge on any atom is -0.317 e. The van der Waals surface area contributed by atoms with E-state index in [1.54, 1.807) is 4.90 Å². The lowest BCUT2D eigenvalue weighted by Gasteiger charge is -2.13. The van der Waals surface area contributed by atoms with Crippen LogP contribution in [0.15, 0.2) is 77.8 Å². The first-order valence-corrected chi connectivity index (χ1v) is 10.2. The molecular formula is C20H13IN2OS2. The van der Waals surface area contributed by atoms with Gasteiger partial charge in [-0.25, -0.2) is 0 Å². The predicted octanol–water partition coefficient (Wildman–Crippen LogP) is 5.49. The Hall–Kier alpha value is -1.90. The molecule has 0 aliphatic carbocycles. The molecule has 128 valence electrons. The maximum atomic E-state index is 12.9. The van der Waals surface area contributed by atoms with Crippen LogP contribution in [0.1, 0.15) is 5.69 Å². The van der Waals surface area contributed by atoms with E-state index in [4.69, 9.17) is 12.2 Å². The molecule has 1 aliphatic heterocycles. The number of carbonyl (C=O) groups excluding carboxylic acids is 1. The van der Waals surface area contributed by atoms with Gasteiger partial charge in [-0.2, -0.15) is 0 Å². The summed E-state index contributed by atoms with van der Waals surface area (Å²) in [4.78, 5) is 15.1. The fourth-order valence-corrected chi connectivity index (χ4v) is 4.39. The van der Waals surface area contributed by atoms with Crippen LogP contribution in [0.25, 0.3) is 11.8 Å². The van der Waals surface area contributed by atoms with Crippen molar-refractivity contribution in [1.82, 2.24) is 4.57 Å². The number of halogens is 1. The van der Waals surface area contributed by atoms with E-state index in [0.29, 0.717) is 9.23 Å². The first kappa shape index (κ1) is 17.5. The summed E-state index contributed by atoms with van der Waals surface area (Å²) in [6.45, 7) is 0. The molecule has 4 rings (SSSR count). The molecular weight excluding hydrogens is 475 g/mol. The molecule has 6 heteroatoms. The summed E-state index contributed by atoms with van der Waals surface area (Å²) in [7, 11) is 0. The largest absolute Gasteiger partial charge is 0.317 e. The van der Waals surface area contributed by atoms with Crippen LogP contribution >= 0.6 is 46.6 Å². The zero-order chi connectivity index (χ0) is 18.1. The average Bonchev–Trinajstić information content (AvgIpc) is 3.21. The molecule has 1 aliphatic rings. The van der Waals surface area contributed by atoms with Crippen molar-refractivity contribution >= 4 is 68.6 Å². The van der Waals surface area contributed by atoms with Crippen molar-refractivity contribution in [2.45, 2.75) is 0 Å². The molecule has 1 fully saturated rings. The zero-order valence-corrected chi connectivity index (χ0v) is 17.3. The molecule has 0 N–H and O–H groups in total. The van der Waals surface area contributed by atoms with Gasteiger partial charge < -0.3 is 4.57 Å². The van der Waals surface area contributed by atoms with Crippen molar-refractivity contribution in [2.75, 3.05) is 4.90 Å². The number of amides is 1. The highest BCUT2D eigenvalue weighted by molar-refractivity contribution is 14.1. The third kappa shape index (κ3) is 3.36. The summed E-state index contributed by atoms with van der Waals surface area (Å²) in [6, 6.07) is 21.7. The maximum Gasteiger partial charge on any atom is 0.270 e. The van der Waals surface area contributed by atoms with Crippen molar-refractivity contribution in [3.63, 3.8) is 0 Å². The van der Waals surface area contributed by atoms with E-state index < -0.39 is 0 Å². The highest BCUT2D eigenvalue weighted by atomic mass is 127. The Bertz CT molecular complexity index is 1010. The normalized spacial score (nSPS) is 15.9. The van der Waals surface area contributed by atoms with Crippen LogP contribution in [-0.4, -0.2) is 14.8 Å². The first-order chi connectivity index (χ1) is 12.6. The predicted molar refractivity (Wildman–Crippen MR) is 121 cm³/mol. The van der Waals surface area contributed by atoms with E-state index in [2.05, 4.69) is 51.4 Å². The van der Waals surface area contributed by atoms with Crippen molar-refractivity contribution in [3.05, 3.63) is 87.1 Å². The number of hydrogen-bond donors (Lipinski definition) is 0. The molecule has 0 unspecified atom stereocenters. The Kier molecular flexibility index (Phi) is 4.97. The average molecular weight is 488 g/mol. The van der Waals surface area contributed by atoms with Crippen molar-refractivity contribution in [1.29, 1.82) is 0 Å². The number of hydrogen-bond acceptors (Lipinski definition) is 3. The summed E-state index contributed by atoms with van der Waals surface area (Å²) >= 11 is 9.05. The Morgan fingerprint density at radius 1 is 0.923 bits per heavy atom. The molecule has 1 amide bonds. The fourth-order valence-electron chi connectivity index (χ4n) is 2.75. The number of thioether (sulfide) groups is 1. The summed E-state index contributed by atoms with van der Waals surface area (Å²) in [5.74, 6) is -0.0819. The lowest BCUT2D eigenvalue weighted by molar-refractivity contribution is -0.113. The number of benzene rings is 2. The molecule has 0 spiro atoms. The van der Waals surface area contributed by atoms with Gasteiger partial charge in [0.1, 0.15) is 0 Å². The molecule has 0 bridgehead atoms. The number of aromatic nitrogens is 1. The van der Waals surface area contributed by atoms with Gasteiger partial charge in [0.15, 0.2) is 4.32 Å². The van der Waals surface area contributed by atoms with Crippen LogP contribution < -0.4 is 4.90 Å². The Balaban J connectivity index is 1.68. The smallest absolute Gasteiger partial charge is 0.270 e. The number of nitrogens with zero attached hydrogens (tertiary/aromatic N) is 2. The lowest BCUT2D eigenvalue weighted by atomic mass is 10.2. The van der Waals surface area contributed by atoms with Crippen molar-refractivity contribution < 1.29 is 4.79 Å². The molecule has 2 aromatic carbocycles. The quantitative estimate of drug-likeness (QED) is 0.277. The number of thiocarbonyl (C=S) groups is 1. The first-order valence-electron chi connectivity index (χ1n) is 7.90. The highest BCUT2D eigenvalue weighted by Gasteiger charge is 2.33. The van der Waals surface area contributed by atoms with Crippen LogP contribution in [-0.2, 0) is 4.79 Å². The number of para-hydroxylation sites is 1. The van der Waals surface area contributed by atoms with Crippen molar-refractivity contribution in [2.24, 2.45) is 0 Å². The molecule has 0 atom stereocenters. The molecule has 26 heavy (non-hydrogen) atoms. The van der Waals surface area contributed by atoms with E-state index in [0.717, 1.165) is 17.1 Å². The standard InChI is InChI=1S/C20H13IN2OS2/c21-14-8-10-15(11-9-14)22-12-4-7-17(22)13-18-19(24)23(20(25)26-18)16-5-2-1-3-6-16/h1-13H/b18-13+. The molecule has 3 nitrogen and oxygen atoms in total. The second kappa shape index (κ2) is 7.38. The summed E-state index contributed by atoms with van der Waals surface area (Å²) in [6.07, 6.45) is 3.90. The number of anilines is 1. The Morgan fingerprint density at radius 2 is 1.65 bits per heavy atom. The third-order valence-electron chi connectivity index (χ3n) is 3.97.